The van der Waals surface area contributed by atoms with Gasteiger partial charge in [-0.1, -0.05) is 78.9 Å². The van der Waals surface area contributed by atoms with Crippen molar-refractivity contribution in [1.29, 1.82) is 0 Å². The number of fused-ring (bicyclic) bond motifs is 7. The summed E-state index contributed by atoms with van der Waals surface area (Å²) in [6, 6.07) is 8.62. The van der Waals surface area contributed by atoms with Gasteiger partial charge in [-0.15, -0.1) is 13.2 Å². The zero-order valence-corrected chi connectivity index (χ0v) is 16.4. The number of nitrogens with two attached hydrogens (primary N) is 1. The quantitative estimate of drug-likeness (QED) is 0.619. The molecule has 1 aromatic rings. The molecule has 146 valence electrons. The van der Waals surface area contributed by atoms with Gasteiger partial charge in [0.15, 0.2) is 0 Å². The van der Waals surface area contributed by atoms with E-state index in [9.17, 15) is 5.02 Å². The van der Waals surface area contributed by atoms with Gasteiger partial charge in [0.25, 0.3) is 0 Å². The van der Waals surface area contributed by atoms with E-state index in [0.717, 1.165) is 5.47 Å². The van der Waals surface area contributed by atoms with Crippen molar-refractivity contribution in [2.75, 3.05) is 0 Å². The number of allylic oxidation sites excluding steroid dienone is 6. The standard InChI is InChI=1S/C25H26BNO2/c1-3-17-22(4-2)29-23-15-8-7-12-19(23)25(17)18-11-6-5-10-16(18)24-20(25)13-9-14-21(24)26(27)28/h3-15,17,19-20,22-24,28H,1-2,27H2. The van der Waals surface area contributed by atoms with Crippen LogP contribution in [-0.2, 0) is 10.2 Å². The monoisotopic (exact) mass is 383 g/mol. The maximum Gasteiger partial charge on any atom is 0.406 e. The van der Waals surface area contributed by atoms with Gasteiger partial charge in [0.05, 0.1) is 12.2 Å². The highest BCUT2D eigenvalue weighted by molar-refractivity contribution is 6.56. The van der Waals surface area contributed by atoms with E-state index in [1.807, 2.05) is 18.2 Å². The average molecular weight is 383 g/mol. The van der Waals surface area contributed by atoms with Crippen LogP contribution in [0.2, 0.25) is 0 Å². The molecule has 4 aliphatic rings. The highest BCUT2D eigenvalue weighted by Crippen LogP contribution is 2.65. The lowest BCUT2D eigenvalue weighted by Crippen LogP contribution is -2.58. The fraction of sp³-hybridized carbons (Fsp3) is 0.280. The molecule has 1 aliphatic heterocycles. The van der Waals surface area contributed by atoms with Crippen LogP contribution in [0.15, 0.2) is 97.6 Å². The van der Waals surface area contributed by atoms with E-state index in [1.165, 1.54) is 11.1 Å². The van der Waals surface area contributed by atoms with Gasteiger partial charge < -0.3 is 15.4 Å². The van der Waals surface area contributed by atoms with Gasteiger partial charge in [0.2, 0.25) is 0 Å². The Labute approximate surface area is 172 Å². The average Bonchev–Trinajstić information content (AvgIpc) is 3.05. The molecule has 0 saturated carbocycles. The lowest BCUT2D eigenvalue weighted by molar-refractivity contribution is -0.102. The fourth-order valence-corrected chi connectivity index (χ4v) is 6.38. The molecule has 0 radical (unpaired) electrons. The maximum atomic E-state index is 10.4. The first-order valence-electron chi connectivity index (χ1n) is 10.3. The van der Waals surface area contributed by atoms with Crippen molar-refractivity contribution in [2.45, 2.75) is 23.5 Å². The van der Waals surface area contributed by atoms with Crippen molar-refractivity contribution < 1.29 is 9.76 Å². The molecule has 1 fully saturated rings. The Morgan fingerprint density at radius 1 is 1.03 bits per heavy atom. The lowest BCUT2D eigenvalue weighted by atomic mass is 9.51. The summed E-state index contributed by atoms with van der Waals surface area (Å²) in [5.74, 6) is 0.396. The number of hydrogen-bond acceptors (Lipinski definition) is 3. The summed E-state index contributed by atoms with van der Waals surface area (Å²) in [6.45, 7) is 8.29. The molecular weight excluding hydrogens is 357 g/mol. The molecule has 0 amide bonds. The van der Waals surface area contributed by atoms with Crippen LogP contribution in [-0.4, -0.2) is 24.3 Å². The smallest absolute Gasteiger partial charge is 0.406 e. The van der Waals surface area contributed by atoms with Crippen LogP contribution in [0.3, 0.4) is 0 Å². The Kier molecular flexibility index (Phi) is 4.39. The summed E-state index contributed by atoms with van der Waals surface area (Å²) >= 11 is 0. The number of hydrogen-bond donors (Lipinski definition) is 2. The number of rotatable bonds is 3. The van der Waals surface area contributed by atoms with Crippen LogP contribution in [0.4, 0.5) is 0 Å². The summed E-state index contributed by atoms with van der Waals surface area (Å²) in [5, 5.41) is 10.4. The summed E-state index contributed by atoms with van der Waals surface area (Å²) in [6.07, 6.45) is 18.7. The second-order valence-corrected chi connectivity index (χ2v) is 8.38. The van der Waals surface area contributed by atoms with Gasteiger partial charge in [0, 0.05) is 23.2 Å². The first kappa shape index (κ1) is 18.6. The van der Waals surface area contributed by atoms with Crippen LogP contribution < -0.4 is 5.64 Å². The van der Waals surface area contributed by atoms with Crippen molar-refractivity contribution in [1.82, 2.24) is 0 Å². The highest BCUT2D eigenvalue weighted by Gasteiger charge is 2.64. The van der Waals surface area contributed by atoms with E-state index in [4.69, 9.17) is 10.4 Å². The van der Waals surface area contributed by atoms with Gasteiger partial charge >= 0.3 is 7.05 Å². The largest absolute Gasteiger partial charge is 0.434 e. The van der Waals surface area contributed by atoms with Crippen molar-refractivity contribution >= 4 is 7.05 Å². The van der Waals surface area contributed by atoms with E-state index in [2.05, 4.69) is 73.9 Å². The molecule has 1 aromatic carbocycles. The molecule has 0 aromatic heterocycles. The molecule has 5 rings (SSSR count). The van der Waals surface area contributed by atoms with Crippen LogP contribution in [0.25, 0.3) is 0 Å². The van der Waals surface area contributed by atoms with Crippen LogP contribution in [0, 0.1) is 17.8 Å². The van der Waals surface area contributed by atoms with E-state index in [0.29, 0.717) is 0 Å². The van der Waals surface area contributed by atoms with Crippen LogP contribution >= 0.6 is 0 Å². The summed E-state index contributed by atoms with van der Waals surface area (Å²) in [7, 11) is -0.981. The second-order valence-electron chi connectivity index (χ2n) is 8.38. The van der Waals surface area contributed by atoms with Crippen molar-refractivity contribution in [2.24, 2.45) is 23.4 Å². The SMILES string of the molecule is C=CC1OC2C=CC=CC2C2(c3ccccc3C3C(B(N)O)=CC=CC32)C1C=C. The lowest BCUT2D eigenvalue weighted by Gasteiger charge is -2.56. The Morgan fingerprint density at radius 2 is 1.79 bits per heavy atom. The Hall–Kier alpha value is -2.40. The zero-order valence-electron chi connectivity index (χ0n) is 16.4. The van der Waals surface area contributed by atoms with Crippen molar-refractivity contribution in [3.8, 4) is 0 Å². The van der Waals surface area contributed by atoms with Crippen molar-refractivity contribution in [3.63, 3.8) is 0 Å². The van der Waals surface area contributed by atoms with E-state index >= 15 is 0 Å². The van der Waals surface area contributed by atoms with Crippen molar-refractivity contribution in [3.05, 3.63) is 109 Å². The molecule has 3 nitrogen and oxygen atoms in total. The molecule has 7 atom stereocenters. The highest BCUT2D eigenvalue weighted by atomic mass is 16.5. The first-order valence-corrected chi connectivity index (χ1v) is 10.3. The third kappa shape index (κ3) is 2.37. The fourth-order valence-electron chi connectivity index (χ4n) is 6.38. The zero-order chi connectivity index (χ0) is 20.2. The molecule has 3 aliphatic carbocycles. The Balaban J connectivity index is 1.81. The predicted molar refractivity (Wildman–Crippen MR) is 118 cm³/mol. The molecule has 1 saturated heterocycles. The Morgan fingerprint density at radius 3 is 2.55 bits per heavy atom. The molecule has 29 heavy (non-hydrogen) atoms. The first-order chi connectivity index (χ1) is 14.1. The minimum atomic E-state index is -0.981. The third-order valence-corrected chi connectivity index (χ3v) is 7.32. The molecule has 7 unspecified atom stereocenters. The molecule has 0 bridgehead atoms. The van der Waals surface area contributed by atoms with Crippen LogP contribution in [0.5, 0.6) is 0 Å². The third-order valence-electron chi connectivity index (χ3n) is 7.32. The van der Waals surface area contributed by atoms with Gasteiger partial charge in [-0.2, -0.15) is 0 Å². The van der Waals surface area contributed by atoms with Gasteiger partial charge in [-0.3, -0.25) is 0 Å². The maximum absolute atomic E-state index is 10.4. The minimum Gasteiger partial charge on any atom is -0.434 e. The normalized spacial score (nSPS) is 38.8. The van der Waals surface area contributed by atoms with Gasteiger partial charge in [0.1, 0.15) is 0 Å². The van der Waals surface area contributed by atoms with E-state index in [1.54, 1.807) is 0 Å². The molecule has 1 spiro atoms. The molecule has 1 heterocycles. The minimum absolute atomic E-state index is 0.0310. The summed E-state index contributed by atoms with van der Waals surface area (Å²) in [4.78, 5) is 0. The predicted octanol–water partition coefficient (Wildman–Crippen LogP) is 3.61. The van der Waals surface area contributed by atoms with Gasteiger partial charge in [-0.05, 0) is 22.5 Å². The Bertz CT molecular complexity index is 967. The van der Waals surface area contributed by atoms with E-state index in [-0.39, 0.29) is 41.3 Å². The topological polar surface area (TPSA) is 55.5 Å². The number of ether oxygens (including phenoxy) is 1. The molecule has 3 N–H and O–H groups in total. The summed E-state index contributed by atoms with van der Waals surface area (Å²) < 4.78 is 6.46. The van der Waals surface area contributed by atoms with Gasteiger partial charge in [-0.25, -0.2) is 0 Å². The second kappa shape index (κ2) is 6.84. The molecular formula is C25H26BNO2. The molecule has 4 heteroatoms. The summed E-state index contributed by atoms with van der Waals surface area (Å²) in [5.41, 5.74) is 9.19. The van der Waals surface area contributed by atoms with E-state index < -0.39 is 7.05 Å². The van der Waals surface area contributed by atoms with Crippen LogP contribution in [0.1, 0.15) is 17.0 Å². The number of benzene rings is 1.